The molecule has 3 aromatic carbocycles. The van der Waals surface area contributed by atoms with Crippen molar-refractivity contribution in [1.82, 2.24) is 9.80 Å². The molecule has 34 heavy (non-hydrogen) atoms. The maximum Gasteiger partial charge on any atom is 0.254 e. The van der Waals surface area contributed by atoms with Crippen LogP contribution in [0.1, 0.15) is 39.0 Å². The minimum Gasteiger partial charge on any atom is -0.493 e. The Morgan fingerprint density at radius 3 is 2.24 bits per heavy atom. The molecule has 2 atom stereocenters. The molecule has 0 bridgehead atoms. The van der Waals surface area contributed by atoms with Crippen LogP contribution < -0.4 is 9.47 Å². The number of carbonyl (C=O) groups is 2. The second-order valence-electron chi connectivity index (χ2n) is 8.33. The van der Waals surface area contributed by atoms with E-state index in [0.29, 0.717) is 29.2 Å². The lowest BCUT2D eigenvalue weighted by atomic mass is 9.78. The molecule has 0 saturated carbocycles. The topological polar surface area (TPSA) is 59.1 Å². The normalized spacial score (nSPS) is 17.2. The Kier molecular flexibility index (Phi) is 6.54. The lowest BCUT2D eigenvalue weighted by Crippen LogP contribution is -2.46. The molecule has 0 unspecified atom stereocenters. The van der Waals surface area contributed by atoms with Crippen molar-refractivity contribution < 1.29 is 23.5 Å². The highest BCUT2D eigenvalue weighted by atomic mass is 19.1. The van der Waals surface area contributed by atoms with Gasteiger partial charge in [-0.15, -0.1) is 0 Å². The first-order valence-corrected chi connectivity index (χ1v) is 10.9. The van der Waals surface area contributed by atoms with Crippen LogP contribution in [-0.4, -0.2) is 49.9 Å². The van der Waals surface area contributed by atoms with Gasteiger partial charge in [0.1, 0.15) is 5.82 Å². The Morgan fingerprint density at radius 2 is 1.59 bits per heavy atom. The fourth-order valence-electron chi connectivity index (χ4n) is 4.59. The molecule has 176 valence electrons. The third-order valence-corrected chi connectivity index (χ3v) is 6.30. The van der Waals surface area contributed by atoms with Gasteiger partial charge in [-0.05, 0) is 29.3 Å². The quantitative estimate of drug-likeness (QED) is 0.545. The van der Waals surface area contributed by atoms with Crippen molar-refractivity contribution in [2.24, 2.45) is 0 Å². The third-order valence-electron chi connectivity index (χ3n) is 6.30. The van der Waals surface area contributed by atoms with Crippen molar-refractivity contribution in [3.8, 4) is 11.5 Å². The van der Waals surface area contributed by atoms with Crippen LogP contribution in [0.2, 0.25) is 0 Å². The Morgan fingerprint density at radius 1 is 0.971 bits per heavy atom. The van der Waals surface area contributed by atoms with Crippen molar-refractivity contribution in [2.75, 3.05) is 28.3 Å². The Hall–Kier alpha value is -3.87. The van der Waals surface area contributed by atoms with Crippen LogP contribution in [0.15, 0.2) is 66.7 Å². The summed E-state index contributed by atoms with van der Waals surface area (Å²) in [6, 6.07) is 18.3. The minimum absolute atomic E-state index is 0.232. The monoisotopic (exact) mass is 462 g/mol. The fourth-order valence-corrected chi connectivity index (χ4v) is 4.59. The Labute approximate surface area is 198 Å². The molecule has 0 aliphatic carbocycles. The number of hydrogen-bond donors (Lipinski definition) is 0. The summed E-state index contributed by atoms with van der Waals surface area (Å²) in [4.78, 5) is 30.4. The number of hydrogen-bond acceptors (Lipinski definition) is 4. The zero-order valence-corrected chi connectivity index (χ0v) is 19.6. The van der Waals surface area contributed by atoms with Crippen LogP contribution >= 0.6 is 0 Å². The SMILES string of the molecule is COc1cc2c(cc1OC)[C@@H](C(=O)N(C)Cc1ccccc1)[C@@H](c1ccccc1F)N(C)C2=O. The van der Waals surface area contributed by atoms with Crippen LogP contribution in [0, 0.1) is 5.82 Å². The summed E-state index contributed by atoms with van der Waals surface area (Å²) in [5, 5.41) is 0. The molecule has 0 spiro atoms. The average Bonchev–Trinajstić information content (AvgIpc) is 2.86. The summed E-state index contributed by atoms with van der Waals surface area (Å²) >= 11 is 0. The molecule has 0 fully saturated rings. The summed E-state index contributed by atoms with van der Waals surface area (Å²) in [5.74, 6) is -1.09. The van der Waals surface area contributed by atoms with E-state index in [1.54, 1.807) is 49.3 Å². The summed E-state index contributed by atoms with van der Waals surface area (Å²) in [6.07, 6.45) is 0. The van der Waals surface area contributed by atoms with Crippen LogP contribution in [0.25, 0.3) is 0 Å². The molecule has 0 N–H and O–H groups in total. The maximum absolute atomic E-state index is 15.0. The number of fused-ring (bicyclic) bond motifs is 1. The molecule has 6 nitrogen and oxygen atoms in total. The molecule has 4 rings (SSSR count). The largest absolute Gasteiger partial charge is 0.493 e. The van der Waals surface area contributed by atoms with Gasteiger partial charge in [0.2, 0.25) is 5.91 Å². The van der Waals surface area contributed by atoms with E-state index in [4.69, 9.17) is 9.47 Å². The van der Waals surface area contributed by atoms with Crippen LogP contribution in [-0.2, 0) is 11.3 Å². The predicted molar refractivity (Wildman–Crippen MR) is 126 cm³/mol. The van der Waals surface area contributed by atoms with Crippen molar-refractivity contribution >= 4 is 11.8 Å². The number of rotatable bonds is 6. The van der Waals surface area contributed by atoms with E-state index in [1.807, 2.05) is 30.3 Å². The van der Waals surface area contributed by atoms with Gasteiger partial charge < -0.3 is 19.3 Å². The van der Waals surface area contributed by atoms with Gasteiger partial charge in [-0.25, -0.2) is 4.39 Å². The molecule has 0 saturated heterocycles. The fraction of sp³-hybridized carbons (Fsp3) is 0.259. The van der Waals surface area contributed by atoms with E-state index < -0.39 is 17.8 Å². The lowest BCUT2D eigenvalue weighted by molar-refractivity contribution is -0.133. The third kappa shape index (κ3) is 4.09. The van der Waals surface area contributed by atoms with Crippen LogP contribution in [0.3, 0.4) is 0 Å². The molecule has 0 radical (unpaired) electrons. The molecule has 7 heteroatoms. The molecular formula is C27H27FN2O4. The van der Waals surface area contributed by atoms with Gasteiger partial charge in [0.25, 0.3) is 5.91 Å². The van der Waals surface area contributed by atoms with Gasteiger partial charge in [0, 0.05) is 31.8 Å². The van der Waals surface area contributed by atoms with Crippen molar-refractivity contribution in [2.45, 2.75) is 18.5 Å². The average molecular weight is 463 g/mol. The van der Waals surface area contributed by atoms with Crippen LogP contribution in [0.4, 0.5) is 4.39 Å². The second kappa shape index (κ2) is 9.55. The minimum atomic E-state index is -0.844. The Bertz CT molecular complexity index is 1210. The molecular weight excluding hydrogens is 435 g/mol. The first-order valence-electron chi connectivity index (χ1n) is 10.9. The van der Waals surface area contributed by atoms with E-state index >= 15 is 0 Å². The number of halogens is 1. The summed E-state index contributed by atoms with van der Waals surface area (Å²) in [7, 11) is 6.29. The van der Waals surface area contributed by atoms with Gasteiger partial charge in [-0.1, -0.05) is 48.5 Å². The van der Waals surface area contributed by atoms with Crippen molar-refractivity contribution in [3.63, 3.8) is 0 Å². The highest BCUT2D eigenvalue weighted by molar-refractivity contribution is 6.02. The van der Waals surface area contributed by atoms with E-state index in [9.17, 15) is 14.0 Å². The van der Waals surface area contributed by atoms with E-state index in [0.717, 1.165) is 5.56 Å². The number of methoxy groups -OCH3 is 2. The zero-order valence-electron chi connectivity index (χ0n) is 19.6. The highest BCUT2D eigenvalue weighted by Gasteiger charge is 2.45. The number of likely N-dealkylation sites (N-methyl/N-ethyl adjacent to an activating group) is 2. The molecule has 3 aromatic rings. The molecule has 2 amide bonds. The van der Waals surface area contributed by atoms with Crippen molar-refractivity contribution in [3.05, 3.63) is 94.8 Å². The van der Waals surface area contributed by atoms with Gasteiger partial charge in [0.05, 0.1) is 26.2 Å². The number of ether oxygens (including phenoxy) is 2. The van der Waals surface area contributed by atoms with Gasteiger partial charge in [0.15, 0.2) is 11.5 Å². The molecule has 1 aliphatic rings. The zero-order chi connectivity index (χ0) is 24.4. The van der Waals surface area contributed by atoms with Gasteiger partial charge in [-0.2, -0.15) is 0 Å². The summed E-state index contributed by atoms with van der Waals surface area (Å²) < 4.78 is 25.8. The van der Waals surface area contributed by atoms with Gasteiger partial charge >= 0.3 is 0 Å². The molecule has 1 aliphatic heterocycles. The molecule has 1 heterocycles. The number of benzene rings is 3. The number of amides is 2. The first kappa shape index (κ1) is 23.3. The number of carbonyl (C=O) groups excluding carboxylic acids is 2. The first-order chi connectivity index (χ1) is 16.4. The highest BCUT2D eigenvalue weighted by Crippen LogP contribution is 2.46. The smallest absolute Gasteiger partial charge is 0.254 e. The van der Waals surface area contributed by atoms with E-state index in [-0.39, 0.29) is 17.4 Å². The maximum atomic E-state index is 15.0. The lowest BCUT2D eigenvalue weighted by Gasteiger charge is -2.41. The van der Waals surface area contributed by atoms with E-state index in [2.05, 4.69) is 0 Å². The summed E-state index contributed by atoms with van der Waals surface area (Å²) in [6.45, 7) is 0.375. The predicted octanol–water partition coefficient (Wildman–Crippen LogP) is 4.41. The van der Waals surface area contributed by atoms with Gasteiger partial charge in [-0.3, -0.25) is 9.59 Å². The van der Waals surface area contributed by atoms with E-state index in [1.165, 1.54) is 25.2 Å². The van der Waals surface area contributed by atoms with Crippen molar-refractivity contribution in [1.29, 1.82) is 0 Å². The second-order valence-corrected chi connectivity index (χ2v) is 8.33. The summed E-state index contributed by atoms with van der Waals surface area (Å²) in [5.41, 5.74) is 2.07. The Balaban J connectivity index is 1.87. The standard InChI is InChI=1S/C27H27FN2O4/c1-29(16-17-10-6-5-7-11-17)27(32)24-19-14-22(33-3)23(34-4)15-20(19)26(31)30(2)25(24)18-12-8-9-13-21(18)28/h5-15,24-25H,16H2,1-4H3/t24-,25-/m1/s1. The number of nitrogens with zero attached hydrogens (tertiary/aromatic N) is 2. The van der Waals surface area contributed by atoms with Crippen LogP contribution in [0.5, 0.6) is 11.5 Å². The molecule has 0 aromatic heterocycles.